The molecule has 1 saturated heterocycles. The fraction of sp³-hybridized carbons (Fsp3) is 0.727. The number of hydrogen-bond donors (Lipinski definition) is 0. The molecule has 3 rings (SSSR count). The van der Waals surface area contributed by atoms with E-state index in [4.69, 9.17) is 18.5 Å². The third kappa shape index (κ3) is 6.20. The lowest BCUT2D eigenvalue weighted by molar-refractivity contribution is -0.117. The van der Waals surface area contributed by atoms with Crippen LogP contribution in [0, 0.1) is 12.3 Å². The molecule has 1 aliphatic rings. The molecule has 1 unspecified atom stereocenters. The molecule has 14 heteroatoms. The number of aromatic nitrogens is 4. The van der Waals surface area contributed by atoms with Crippen LogP contribution >= 0.6 is 20.0 Å². The van der Waals surface area contributed by atoms with Crippen molar-refractivity contribution in [3.05, 3.63) is 12.2 Å². The summed E-state index contributed by atoms with van der Waals surface area (Å²) in [6, 6.07) is 0. The first-order valence-corrected chi connectivity index (χ1v) is 13.5. The maximum atomic E-state index is 16.3. The highest BCUT2D eigenvalue weighted by molar-refractivity contribution is 8.13. The third-order valence-electron chi connectivity index (χ3n) is 5.53. The van der Waals surface area contributed by atoms with Gasteiger partial charge in [-0.1, -0.05) is 32.5 Å². The predicted molar refractivity (Wildman–Crippen MR) is 135 cm³/mol. The van der Waals surface area contributed by atoms with E-state index in [1.165, 1.54) is 24.9 Å². The average molecular weight is 547 g/mol. The smallest absolute Gasteiger partial charge is 0.382 e. The van der Waals surface area contributed by atoms with E-state index < -0.39 is 37.8 Å². The van der Waals surface area contributed by atoms with Crippen molar-refractivity contribution in [1.82, 2.24) is 19.5 Å². The van der Waals surface area contributed by atoms with Gasteiger partial charge in [-0.25, -0.2) is 19.3 Å². The first kappa shape index (κ1) is 28.8. The van der Waals surface area contributed by atoms with Crippen LogP contribution in [-0.4, -0.2) is 82.7 Å². The summed E-state index contributed by atoms with van der Waals surface area (Å²) in [6.45, 7) is 8.52. The lowest BCUT2D eigenvalue weighted by Crippen LogP contribution is -2.41. The van der Waals surface area contributed by atoms with Gasteiger partial charge in [0.15, 0.2) is 40.1 Å². The van der Waals surface area contributed by atoms with Crippen molar-refractivity contribution in [3.8, 4) is 0 Å². The van der Waals surface area contributed by atoms with Crippen molar-refractivity contribution in [3.63, 3.8) is 0 Å². The van der Waals surface area contributed by atoms with Crippen molar-refractivity contribution < 1.29 is 32.3 Å². The number of hydrogen-bond acceptors (Lipinski definition) is 11. The normalized spacial score (nSPS) is 24.9. The summed E-state index contributed by atoms with van der Waals surface area (Å²) in [4.78, 5) is 27.1. The molecule has 0 spiro atoms. The van der Waals surface area contributed by atoms with Crippen LogP contribution in [0.4, 0.5) is 10.2 Å². The van der Waals surface area contributed by atoms with E-state index >= 15 is 4.39 Å². The van der Waals surface area contributed by atoms with Gasteiger partial charge in [0.1, 0.15) is 18.5 Å². The van der Waals surface area contributed by atoms with E-state index in [-0.39, 0.29) is 18.3 Å². The highest BCUT2D eigenvalue weighted by Gasteiger charge is 2.60. The maximum Gasteiger partial charge on any atom is 0.697 e. The first-order valence-electron chi connectivity index (χ1n) is 11.4. The van der Waals surface area contributed by atoms with Gasteiger partial charge >= 0.3 is 8.25 Å². The fourth-order valence-corrected chi connectivity index (χ4v) is 5.49. The second kappa shape index (κ2) is 11.3. The van der Waals surface area contributed by atoms with Gasteiger partial charge in [-0.15, -0.1) is 9.05 Å². The second-order valence-electron chi connectivity index (χ2n) is 9.92. The number of thioether (sulfide) groups is 1. The highest BCUT2D eigenvalue weighted by atomic mass is 32.2. The Balaban J connectivity index is 1.77. The molecule has 200 valence electrons. The Bertz CT molecular complexity index is 1110. The molecule has 5 atom stereocenters. The number of methoxy groups -OCH3 is 1. The number of imidazole rings is 1. The van der Waals surface area contributed by atoms with Gasteiger partial charge in [0.25, 0.3) is 0 Å². The Morgan fingerprint density at radius 3 is 2.67 bits per heavy atom. The third-order valence-corrected chi connectivity index (χ3v) is 7.57. The van der Waals surface area contributed by atoms with Crippen LogP contribution in [0.15, 0.2) is 6.33 Å². The van der Waals surface area contributed by atoms with E-state index in [1.807, 2.05) is 34.9 Å². The van der Waals surface area contributed by atoms with Crippen LogP contribution in [0.2, 0.25) is 0 Å². The Labute approximate surface area is 215 Å². The molecule has 0 N–H and O–H groups in total. The summed E-state index contributed by atoms with van der Waals surface area (Å²) in [6.07, 6.45) is -1.87. The highest BCUT2D eigenvalue weighted by Crippen LogP contribution is 2.47. The van der Waals surface area contributed by atoms with Gasteiger partial charge in [-0.3, -0.25) is 9.36 Å². The molecule has 2 aromatic heterocycles. The predicted octanol–water partition coefficient (Wildman–Crippen LogP) is 3.84. The van der Waals surface area contributed by atoms with Gasteiger partial charge in [0.2, 0.25) is 0 Å². The van der Waals surface area contributed by atoms with Gasteiger partial charge in [-0.05, 0) is 13.8 Å². The summed E-state index contributed by atoms with van der Waals surface area (Å²) in [5.41, 5.74) is -1.73. The zero-order valence-electron chi connectivity index (χ0n) is 21.8. The van der Waals surface area contributed by atoms with Crippen LogP contribution in [0.3, 0.4) is 0 Å². The number of ether oxygens (including phenoxy) is 2. The summed E-state index contributed by atoms with van der Waals surface area (Å²) in [5, 5.41) is -0.00481. The zero-order chi connectivity index (χ0) is 26.8. The second-order valence-corrected chi connectivity index (χ2v) is 11.9. The van der Waals surface area contributed by atoms with E-state index in [0.717, 1.165) is 11.8 Å². The molecular formula is C22H34FN5O6PS+. The van der Waals surface area contributed by atoms with Crippen LogP contribution in [0.1, 0.15) is 39.7 Å². The van der Waals surface area contributed by atoms with E-state index in [1.54, 1.807) is 11.8 Å². The van der Waals surface area contributed by atoms with Crippen molar-refractivity contribution in [2.45, 2.75) is 58.7 Å². The lowest BCUT2D eigenvalue weighted by atomic mass is 9.98. The number of alkyl halides is 1. The van der Waals surface area contributed by atoms with E-state index in [0.29, 0.717) is 28.6 Å². The fourth-order valence-electron chi connectivity index (χ4n) is 3.75. The Hall–Kier alpha value is -1.76. The Kier molecular flexibility index (Phi) is 9.06. The molecule has 11 nitrogen and oxygen atoms in total. The molecule has 0 amide bonds. The number of aryl methyl sites for hydroxylation is 1. The number of rotatable bonds is 10. The van der Waals surface area contributed by atoms with E-state index in [9.17, 15) is 9.36 Å². The van der Waals surface area contributed by atoms with Gasteiger partial charge in [-0.2, -0.15) is 0 Å². The molecule has 0 aliphatic carbocycles. The number of anilines is 1. The molecule has 0 bridgehead atoms. The molecule has 0 radical (unpaired) electrons. The van der Waals surface area contributed by atoms with Crippen LogP contribution < -0.4 is 4.90 Å². The molecule has 36 heavy (non-hydrogen) atoms. The number of carbonyl (C=O) groups is 1. The minimum Gasteiger partial charge on any atom is -0.382 e. The first-order chi connectivity index (χ1) is 16.8. The van der Waals surface area contributed by atoms with Crippen molar-refractivity contribution >= 4 is 42.1 Å². The summed E-state index contributed by atoms with van der Waals surface area (Å²) in [5.74, 6) is 1.38. The maximum absolute atomic E-state index is 16.3. The van der Waals surface area contributed by atoms with Crippen molar-refractivity contribution in [2.75, 3.05) is 45.1 Å². The molecule has 1 fully saturated rings. The molecule has 2 aromatic rings. The quantitative estimate of drug-likeness (QED) is 0.319. The zero-order valence-corrected chi connectivity index (χ0v) is 23.6. The minimum absolute atomic E-state index is 0.00335. The largest absolute Gasteiger partial charge is 0.697 e. The number of nitrogens with zero attached hydrogens (tertiary/aromatic N) is 5. The van der Waals surface area contributed by atoms with E-state index in [2.05, 4.69) is 15.0 Å². The average Bonchev–Trinajstić information content (AvgIpc) is 3.28. The summed E-state index contributed by atoms with van der Waals surface area (Å²) in [7, 11) is 2.43. The van der Waals surface area contributed by atoms with Crippen molar-refractivity contribution in [2.24, 2.45) is 5.41 Å². The molecule has 3 heterocycles. The molecule has 0 saturated carbocycles. The van der Waals surface area contributed by atoms with Crippen LogP contribution in [0.5, 0.6) is 0 Å². The lowest BCUT2D eigenvalue weighted by Gasteiger charge is -2.24. The number of halogens is 1. The van der Waals surface area contributed by atoms with Gasteiger partial charge in [0.05, 0.1) is 12.9 Å². The Morgan fingerprint density at radius 2 is 2.06 bits per heavy atom. The number of fused-ring (bicyclic) bond motifs is 1. The van der Waals surface area contributed by atoms with Crippen LogP contribution in [0.25, 0.3) is 11.2 Å². The van der Waals surface area contributed by atoms with Crippen LogP contribution in [-0.2, 0) is 27.9 Å². The topological polar surface area (TPSA) is 118 Å². The Morgan fingerprint density at radius 1 is 1.36 bits per heavy atom. The standard InChI is InChI=1S/C22H34FN5O6PS/c1-13-25-17(27(6)7)15-18(26-13)28(12-24-15)19-22(5,23)16(14(33-19)11-31-8)34-35(30)32-9-10-36-20(29)21(2,3)4/h12,14,16,19H,9-11H2,1-8H3/q+1/t14-,16-,19-,22-/m1/s1. The minimum atomic E-state index is -2.68. The van der Waals surface area contributed by atoms with Crippen molar-refractivity contribution in [1.29, 1.82) is 0 Å². The molecule has 1 aliphatic heterocycles. The SMILES string of the molecule is COC[C@H]1O[C@@H](n2cnc3c(N(C)C)nc(C)nc32)[C@](C)(F)[C@@H]1O[P+](=O)OCCSC(=O)C(C)(C)C. The van der Waals surface area contributed by atoms with Gasteiger partial charge in [0, 0.05) is 36.9 Å². The molecule has 0 aromatic carbocycles. The van der Waals surface area contributed by atoms with Gasteiger partial charge < -0.3 is 14.4 Å². The number of carbonyl (C=O) groups excluding carboxylic acids is 1. The monoisotopic (exact) mass is 546 g/mol. The summed E-state index contributed by atoms with van der Waals surface area (Å²) < 4.78 is 52.3. The molecular weight excluding hydrogens is 512 g/mol. The summed E-state index contributed by atoms with van der Waals surface area (Å²) >= 11 is 1.09.